The Balaban J connectivity index is 1.93. The van der Waals surface area contributed by atoms with Crippen molar-refractivity contribution in [2.75, 3.05) is 7.05 Å². The van der Waals surface area contributed by atoms with Crippen molar-refractivity contribution in [3.63, 3.8) is 0 Å². The molecular weight excluding hydrogens is 360 g/mol. The zero-order chi connectivity index (χ0) is 15.9. The molecule has 0 saturated carbocycles. The standard InChI is InChI=1S/C16H21BrN4S/c1-4-12-9-19-15(22-12)10-20-16(18-3)21-11(2)13-7-5-6-8-14(13)17/h5-9,11H,4,10H2,1-3H3,(H2,18,20,21). The molecule has 0 saturated heterocycles. The summed E-state index contributed by atoms with van der Waals surface area (Å²) in [6.45, 7) is 4.95. The van der Waals surface area contributed by atoms with Gasteiger partial charge in [0.25, 0.3) is 0 Å². The van der Waals surface area contributed by atoms with Crippen molar-refractivity contribution in [3.8, 4) is 0 Å². The van der Waals surface area contributed by atoms with Crippen LogP contribution in [0.3, 0.4) is 0 Å². The van der Waals surface area contributed by atoms with Crippen LogP contribution in [0.25, 0.3) is 0 Å². The van der Waals surface area contributed by atoms with Gasteiger partial charge in [-0.3, -0.25) is 4.99 Å². The molecule has 2 rings (SSSR count). The van der Waals surface area contributed by atoms with Gasteiger partial charge in [-0.1, -0.05) is 41.1 Å². The summed E-state index contributed by atoms with van der Waals surface area (Å²) in [4.78, 5) is 10.00. The number of benzene rings is 1. The van der Waals surface area contributed by atoms with E-state index in [4.69, 9.17) is 0 Å². The number of hydrogen-bond donors (Lipinski definition) is 2. The van der Waals surface area contributed by atoms with E-state index in [2.05, 4.69) is 56.5 Å². The molecule has 0 radical (unpaired) electrons. The minimum atomic E-state index is 0.157. The van der Waals surface area contributed by atoms with Crippen LogP contribution in [0.15, 0.2) is 39.9 Å². The molecule has 1 atom stereocenters. The van der Waals surface area contributed by atoms with E-state index in [-0.39, 0.29) is 6.04 Å². The molecule has 0 aliphatic rings. The molecule has 4 nitrogen and oxygen atoms in total. The fourth-order valence-electron chi connectivity index (χ4n) is 2.06. The average Bonchev–Trinajstić information content (AvgIpc) is 2.99. The van der Waals surface area contributed by atoms with Crippen LogP contribution in [-0.2, 0) is 13.0 Å². The highest BCUT2D eigenvalue weighted by molar-refractivity contribution is 9.10. The highest BCUT2D eigenvalue weighted by atomic mass is 79.9. The number of guanidine groups is 1. The first-order chi connectivity index (χ1) is 10.6. The fourth-order valence-corrected chi connectivity index (χ4v) is 3.49. The second-order valence-corrected chi connectivity index (χ2v) is 6.94. The first-order valence-electron chi connectivity index (χ1n) is 7.29. The van der Waals surface area contributed by atoms with Crippen LogP contribution < -0.4 is 10.6 Å². The van der Waals surface area contributed by atoms with Crippen LogP contribution >= 0.6 is 27.3 Å². The van der Waals surface area contributed by atoms with E-state index in [1.165, 1.54) is 10.4 Å². The second kappa shape index (κ2) is 8.29. The van der Waals surface area contributed by atoms with Gasteiger partial charge in [0.2, 0.25) is 0 Å². The summed E-state index contributed by atoms with van der Waals surface area (Å²) >= 11 is 5.33. The monoisotopic (exact) mass is 380 g/mol. The third kappa shape index (κ3) is 4.55. The van der Waals surface area contributed by atoms with Gasteiger partial charge < -0.3 is 10.6 Å². The van der Waals surface area contributed by atoms with Gasteiger partial charge in [-0.15, -0.1) is 11.3 Å². The molecule has 0 aliphatic carbocycles. The quantitative estimate of drug-likeness (QED) is 0.610. The Morgan fingerprint density at radius 2 is 2.18 bits per heavy atom. The number of aliphatic imine (C=N–C) groups is 1. The number of thiazole rings is 1. The summed E-state index contributed by atoms with van der Waals surface area (Å²) in [5.74, 6) is 0.775. The van der Waals surface area contributed by atoms with Crippen LogP contribution in [0.2, 0.25) is 0 Å². The molecule has 1 aromatic carbocycles. The molecule has 1 aromatic heterocycles. The molecule has 0 spiro atoms. The summed E-state index contributed by atoms with van der Waals surface area (Å²) in [6, 6.07) is 8.36. The van der Waals surface area contributed by atoms with Crippen molar-refractivity contribution in [1.82, 2.24) is 15.6 Å². The fraction of sp³-hybridized carbons (Fsp3) is 0.375. The van der Waals surface area contributed by atoms with Gasteiger partial charge >= 0.3 is 0 Å². The van der Waals surface area contributed by atoms with E-state index in [9.17, 15) is 0 Å². The summed E-state index contributed by atoms with van der Waals surface area (Å²) in [6.07, 6.45) is 2.98. The van der Waals surface area contributed by atoms with Gasteiger partial charge in [0.15, 0.2) is 5.96 Å². The third-order valence-electron chi connectivity index (χ3n) is 3.31. The number of rotatable bonds is 5. The Morgan fingerprint density at radius 1 is 1.41 bits per heavy atom. The summed E-state index contributed by atoms with van der Waals surface area (Å²) in [5.41, 5.74) is 1.20. The Labute approximate surface area is 144 Å². The Bertz CT molecular complexity index is 639. The number of nitrogens with one attached hydrogen (secondary N) is 2. The largest absolute Gasteiger partial charge is 0.350 e. The summed E-state index contributed by atoms with van der Waals surface area (Å²) in [7, 11) is 1.78. The van der Waals surface area contributed by atoms with Crippen LogP contribution in [0.5, 0.6) is 0 Å². The van der Waals surface area contributed by atoms with E-state index >= 15 is 0 Å². The van der Waals surface area contributed by atoms with Crippen LogP contribution in [0.4, 0.5) is 0 Å². The summed E-state index contributed by atoms with van der Waals surface area (Å²) < 4.78 is 1.10. The zero-order valence-corrected chi connectivity index (χ0v) is 15.5. The zero-order valence-electron chi connectivity index (χ0n) is 13.1. The van der Waals surface area contributed by atoms with Gasteiger partial charge in [0.05, 0.1) is 12.6 Å². The molecule has 22 heavy (non-hydrogen) atoms. The number of aryl methyl sites for hydroxylation is 1. The molecule has 0 bridgehead atoms. The molecule has 118 valence electrons. The second-order valence-electron chi connectivity index (χ2n) is 4.89. The number of hydrogen-bond acceptors (Lipinski definition) is 3. The normalized spacial score (nSPS) is 13.0. The Hall–Kier alpha value is -1.40. The number of halogens is 1. The maximum atomic E-state index is 4.41. The maximum absolute atomic E-state index is 4.41. The topological polar surface area (TPSA) is 49.3 Å². The minimum absolute atomic E-state index is 0.157. The SMILES string of the molecule is CCc1cnc(CNC(=NC)NC(C)c2ccccc2Br)s1. The molecule has 2 N–H and O–H groups in total. The molecule has 1 heterocycles. The van der Waals surface area contributed by atoms with E-state index < -0.39 is 0 Å². The number of nitrogens with zero attached hydrogens (tertiary/aromatic N) is 2. The highest BCUT2D eigenvalue weighted by Gasteiger charge is 2.11. The lowest BCUT2D eigenvalue weighted by Gasteiger charge is -2.19. The molecule has 0 fully saturated rings. The lowest BCUT2D eigenvalue weighted by atomic mass is 10.1. The van der Waals surface area contributed by atoms with Crippen molar-refractivity contribution < 1.29 is 0 Å². The van der Waals surface area contributed by atoms with Crippen molar-refractivity contribution in [2.45, 2.75) is 32.9 Å². The van der Waals surface area contributed by atoms with Gasteiger partial charge in [-0.2, -0.15) is 0 Å². The van der Waals surface area contributed by atoms with Gasteiger partial charge in [-0.25, -0.2) is 4.98 Å². The summed E-state index contributed by atoms with van der Waals surface area (Å²) in [5, 5.41) is 7.79. The predicted molar refractivity (Wildman–Crippen MR) is 97.4 cm³/mol. The minimum Gasteiger partial charge on any atom is -0.350 e. The predicted octanol–water partition coefficient (Wildman–Crippen LogP) is 3.89. The van der Waals surface area contributed by atoms with E-state index in [0.29, 0.717) is 6.54 Å². The molecular formula is C16H21BrN4S. The van der Waals surface area contributed by atoms with Crippen LogP contribution in [0.1, 0.15) is 35.3 Å². The van der Waals surface area contributed by atoms with Crippen molar-refractivity contribution in [1.29, 1.82) is 0 Å². The Morgan fingerprint density at radius 3 is 2.82 bits per heavy atom. The first kappa shape index (κ1) is 17.0. The molecule has 6 heteroatoms. The van der Waals surface area contributed by atoms with Crippen LogP contribution in [0, 0.1) is 0 Å². The first-order valence-corrected chi connectivity index (χ1v) is 8.90. The molecule has 0 aliphatic heterocycles. The Kier molecular flexibility index (Phi) is 6.39. The molecule has 0 amide bonds. The maximum Gasteiger partial charge on any atom is 0.191 e. The third-order valence-corrected chi connectivity index (χ3v) is 5.17. The highest BCUT2D eigenvalue weighted by Crippen LogP contribution is 2.22. The lowest BCUT2D eigenvalue weighted by Crippen LogP contribution is -2.38. The van der Waals surface area contributed by atoms with Crippen LogP contribution in [-0.4, -0.2) is 18.0 Å². The number of aromatic nitrogens is 1. The lowest BCUT2D eigenvalue weighted by molar-refractivity contribution is 0.682. The molecule has 1 unspecified atom stereocenters. The van der Waals surface area contributed by atoms with Gasteiger partial charge in [-0.05, 0) is 25.0 Å². The molecule has 2 aromatic rings. The van der Waals surface area contributed by atoms with Crippen molar-refractivity contribution in [2.24, 2.45) is 4.99 Å². The average molecular weight is 381 g/mol. The smallest absolute Gasteiger partial charge is 0.191 e. The van der Waals surface area contributed by atoms with Gasteiger partial charge in [0.1, 0.15) is 5.01 Å². The van der Waals surface area contributed by atoms with E-state index in [1.54, 1.807) is 18.4 Å². The van der Waals surface area contributed by atoms with E-state index in [0.717, 1.165) is 21.9 Å². The van der Waals surface area contributed by atoms with Crippen molar-refractivity contribution >= 4 is 33.2 Å². The van der Waals surface area contributed by atoms with Gasteiger partial charge in [0, 0.05) is 22.6 Å². The van der Waals surface area contributed by atoms with E-state index in [1.807, 2.05) is 24.4 Å². The van der Waals surface area contributed by atoms with Crippen molar-refractivity contribution in [3.05, 3.63) is 50.4 Å².